The first-order valence-electron chi connectivity index (χ1n) is 8.42. The number of amides is 2. The second-order valence-corrected chi connectivity index (χ2v) is 6.95. The van der Waals surface area contributed by atoms with Crippen LogP contribution in [0.5, 0.6) is 0 Å². The molecule has 25 heavy (non-hydrogen) atoms. The molecular weight excluding hydrogens is 386 g/mol. The quantitative estimate of drug-likeness (QED) is 0.828. The minimum absolute atomic E-state index is 0.0932. The molecule has 3 rings (SSSR count). The lowest BCUT2D eigenvalue weighted by molar-refractivity contribution is -0.131. The van der Waals surface area contributed by atoms with Crippen LogP contribution >= 0.6 is 15.9 Å². The number of rotatable bonds is 5. The molecule has 1 saturated heterocycles. The van der Waals surface area contributed by atoms with E-state index in [0.29, 0.717) is 18.7 Å². The van der Waals surface area contributed by atoms with E-state index in [9.17, 15) is 9.59 Å². The first-order chi connectivity index (χ1) is 12.1. The summed E-state index contributed by atoms with van der Waals surface area (Å²) in [5, 5.41) is 6.53. The molecule has 0 aliphatic carbocycles. The molecule has 6 nitrogen and oxygen atoms in total. The monoisotopic (exact) mass is 405 g/mol. The molecule has 1 N–H and O–H groups in total. The van der Waals surface area contributed by atoms with Gasteiger partial charge in [-0.1, -0.05) is 33.2 Å². The Morgan fingerprint density at radius 3 is 2.60 bits per heavy atom. The van der Waals surface area contributed by atoms with E-state index in [0.717, 1.165) is 36.0 Å². The molecule has 2 amide bonds. The summed E-state index contributed by atoms with van der Waals surface area (Å²) in [6.45, 7) is 1.95. The Balaban J connectivity index is 1.50. The number of hydrogen-bond acceptors (Lipinski definition) is 4. The fourth-order valence-corrected chi connectivity index (χ4v) is 3.07. The van der Waals surface area contributed by atoms with E-state index >= 15 is 0 Å². The third-order valence-corrected chi connectivity index (χ3v) is 4.73. The van der Waals surface area contributed by atoms with Crippen molar-refractivity contribution in [2.24, 2.45) is 0 Å². The van der Waals surface area contributed by atoms with Crippen LogP contribution in [0.3, 0.4) is 0 Å². The number of hydrogen-bond donors (Lipinski definition) is 1. The van der Waals surface area contributed by atoms with E-state index in [1.165, 1.54) is 6.42 Å². The highest BCUT2D eigenvalue weighted by Gasteiger charge is 2.17. The lowest BCUT2D eigenvalue weighted by Gasteiger charge is -2.26. The predicted octanol–water partition coefficient (Wildman–Crippen LogP) is 3.24. The molecule has 0 radical (unpaired) electrons. The molecule has 132 valence electrons. The van der Waals surface area contributed by atoms with Crippen molar-refractivity contribution in [3.8, 4) is 11.3 Å². The topological polar surface area (TPSA) is 75.4 Å². The van der Waals surface area contributed by atoms with E-state index in [4.69, 9.17) is 4.52 Å². The molecule has 0 spiro atoms. The Bertz CT molecular complexity index is 736. The lowest BCUT2D eigenvalue weighted by Crippen LogP contribution is -2.37. The number of halogens is 1. The number of nitrogens with one attached hydrogen (secondary N) is 1. The van der Waals surface area contributed by atoms with Crippen LogP contribution in [0, 0.1) is 0 Å². The number of piperidine rings is 1. The van der Waals surface area contributed by atoms with Gasteiger partial charge < -0.3 is 14.7 Å². The number of aromatic nitrogens is 1. The summed E-state index contributed by atoms with van der Waals surface area (Å²) in [4.78, 5) is 26.1. The van der Waals surface area contributed by atoms with Crippen LogP contribution < -0.4 is 5.32 Å². The van der Waals surface area contributed by atoms with Gasteiger partial charge in [-0.25, -0.2) is 0 Å². The van der Waals surface area contributed by atoms with Crippen molar-refractivity contribution in [3.63, 3.8) is 0 Å². The van der Waals surface area contributed by atoms with Gasteiger partial charge in [0.2, 0.25) is 5.91 Å². The molecule has 0 bridgehead atoms. The van der Waals surface area contributed by atoms with Crippen LogP contribution in [-0.4, -0.2) is 41.5 Å². The molecule has 1 aromatic heterocycles. The Morgan fingerprint density at radius 2 is 1.88 bits per heavy atom. The van der Waals surface area contributed by atoms with Crippen molar-refractivity contribution < 1.29 is 14.1 Å². The number of nitrogens with zero attached hydrogens (tertiary/aromatic N) is 2. The van der Waals surface area contributed by atoms with Gasteiger partial charge in [-0.2, -0.15) is 0 Å². The highest BCUT2D eigenvalue weighted by Crippen LogP contribution is 2.22. The van der Waals surface area contributed by atoms with Gasteiger partial charge in [0.25, 0.3) is 5.91 Å². The Labute approximate surface area is 154 Å². The summed E-state index contributed by atoms with van der Waals surface area (Å²) in [5.41, 5.74) is 1.05. The first kappa shape index (κ1) is 17.7. The normalized spacial score (nSPS) is 14.4. The summed E-state index contributed by atoms with van der Waals surface area (Å²) >= 11 is 3.37. The maximum atomic E-state index is 12.1. The van der Waals surface area contributed by atoms with Gasteiger partial charge in [0.1, 0.15) is 0 Å². The number of carbonyl (C=O) groups excluding carboxylic acids is 2. The molecule has 0 atom stereocenters. The third-order valence-electron chi connectivity index (χ3n) is 4.20. The molecule has 0 unspecified atom stereocenters. The van der Waals surface area contributed by atoms with Crippen molar-refractivity contribution in [1.29, 1.82) is 0 Å². The Morgan fingerprint density at radius 1 is 1.16 bits per heavy atom. The van der Waals surface area contributed by atoms with Crippen LogP contribution in [0.2, 0.25) is 0 Å². The SMILES string of the molecule is O=C(NCCC(=O)N1CCCCC1)c1cc(-c2ccc(Br)cc2)on1. The summed E-state index contributed by atoms with van der Waals surface area (Å²) in [5.74, 6) is 0.288. The van der Waals surface area contributed by atoms with Crippen molar-refractivity contribution in [1.82, 2.24) is 15.4 Å². The molecule has 2 aromatic rings. The molecule has 1 aliphatic rings. The van der Waals surface area contributed by atoms with Gasteiger partial charge in [-0.05, 0) is 31.4 Å². The first-order valence-corrected chi connectivity index (χ1v) is 9.21. The second kappa shape index (κ2) is 8.29. The molecule has 1 fully saturated rings. The summed E-state index contributed by atoms with van der Waals surface area (Å²) < 4.78 is 6.20. The van der Waals surface area contributed by atoms with E-state index in [-0.39, 0.29) is 17.5 Å². The molecule has 7 heteroatoms. The van der Waals surface area contributed by atoms with Crippen LogP contribution in [-0.2, 0) is 4.79 Å². The predicted molar refractivity (Wildman–Crippen MR) is 97.0 cm³/mol. The average Bonchev–Trinajstić information content (AvgIpc) is 3.13. The minimum Gasteiger partial charge on any atom is -0.355 e. The van der Waals surface area contributed by atoms with Crippen LogP contribution in [0.25, 0.3) is 11.3 Å². The Hall–Kier alpha value is -2.15. The summed E-state index contributed by atoms with van der Waals surface area (Å²) in [7, 11) is 0. The summed E-state index contributed by atoms with van der Waals surface area (Å²) in [6.07, 6.45) is 3.63. The lowest BCUT2D eigenvalue weighted by atomic mass is 10.1. The second-order valence-electron chi connectivity index (χ2n) is 6.03. The molecule has 2 heterocycles. The summed E-state index contributed by atoms with van der Waals surface area (Å²) in [6, 6.07) is 9.14. The number of benzene rings is 1. The van der Waals surface area contributed by atoms with E-state index < -0.39 is 0 Å². The van der Waals surface area contributed by atoms with Gasteiger partial charge in [-0.3, -0.25) is 9.59 Å². The van der Waals surface area contributed by atoms with Gasteiger partial charge in [0, 0.05) is 42.2 Å². The largest absolute Gasteiger partial charge is 0.355 e. The van der Waals surface area contributed by atoms with Crippen molar-refractivity contribution >= 4 is 27.7 Å². The zero-order valence-corrected chi connectivity index (χ0v) is 15.4. The fourth-order valence-electron chi connectivity index (χ4n) is 2.81. The van der Waals surface area contributed by atoms with Gasteiger partial charge in [0.05, 0.1) is 0 Å². The fraction of sp³-hybridized carbons (Fsp3) is 0.389. The third kappa shape index (κ3) is 4.69. The average molecular weight is 406 g/mol. The maximum Gasteiger partial charge on any atom is 0.273 e. The molecule has 1 aliphatic heterocycles. The van der Waals surface area contributed by atoms with Crippen molar-refractivity contribution in [2.75, 3.05) is 19.6 Å². The molecule has 1 aromatic carbocycles. The van der Waals surface area contributed by atoms with Gasteiger partial charge >= 0.3 is 0 Å². The van der Waals surface area contributed by atoms with Crippen LogP contribution in [0.15, 0.2) is 39.3 Å². The van der Waals surface area contributed by atoms with Crippen LogP contribution in [0.1, 0.15) is 36.2 Å². The standard InChI is InChI=1S/C18H20BrN3O3/c19-14-6-4-13(5-7-14)16-12-15(21-25-16)18(24)20-9-8-17(23)22-10-2-1-3-11-22/h4-7,12H,1-3,8-11H2,(H,20,24). The highest BCUT2D eigenvalue weighted by atomic mass is 79.9. The smallest absolute Gasteiger partial charge is 0.273 e. The molecule has 0 saturated carbocycles. The Kier molecular flexibility index (Phi) is 5.86. The molecular formula is C18H20BrN3O3. The van der Waals surface area contributed by atoms with E-state index in [1.807, 2.05) is 29.2 Å². The van der Waals surface area contributed by atoms with Crippen LogP contribution in [0.4, 0.5) is 0 Å². The maximum absolute atomic E-state index is 12.1. The van der Waals surface area contributed by atoms with E-state index in [1.54, 1.807) is 6.07 Å². The number of carbonyl (C=O) groups is 2. The minimum atomic E-state index is -0.335. The van der Waals surface area contributed by atoms with Gasteiger partial charge in [-0.15, -0.1) is 0 Å². The van der Waals surface area contributed by atoms with Crippen molar-refractivity contribution in [2.45, 2.75) is 25.7 Å². The van der Waals surface area contributed by atoms with E-state index in [2.05, 4.69) is 26.4 Å². The number of likely N-dealkylation sites (tertiary alicyclic amines) is 1. The van der Waals surface area contributed by atoms with Gasteiger partial charge in [0.15, 0.2) is 11.5 Å². The highest BCUT2D eigenvalue weighted by molar-refractivity contribution is 9.10. The zero-order chi connectivity index (χ0) is 17.6. The van der Waals surface area contributed by atoms with Crippen molar-refractivity contribution in [3.05, 3.63) is 40.5 Å². The zero-order valence-electron chi connectivity index (χ0n) is 13.8.